The van der Waals surface area contributed by atoms with Gasteiger partial charge in [-0.25, -0.2) is 0 Å². The van der Waals surface area contributed by atoms with Gasteiger partial charge >= 0.3 is 0 Å². The molecule has 0 atom stereocenters. The van der Waals surface area contributed by atoms with E-state index in [-0.39, 0.29) is 0 Å². The Kier molecular flexibility index (Phi) is 6.54. The summed E-state index contributed by atoms with van der Waals surface area (Å²) >= 11 is 1.90. The average molecular weight is 717 g/mol. The van der Waals surface area contributed by atoms with E-state index < -0.39 is 0 Å². The van der Waals surface area contributed by atoms with Crippen molar-refractivity contribution in [3.05, 3.63) is 194 Å². The molecule has 0 radical (unpaired) electrons. The molecule has 0 bridgehead atoms. The molecule has 55 heavy (non-hydrogen) atoms. The largest absolute Gasteiger partial charge is 0.309 e. The number of rotatable bonds is 4. The van der Waals surface area contributed by atoms with Crippen molar-refractivity contribution < 1.29 is 0 Å². The van der Waals surface area contributed by atoms with Gasteiger partial charge in [0, 0.05) is 48.1 Å². The third kappa shape index (κ3) is 4.54. The van der Waals surface area contributed by atoms with Crippen LogP contribution in [0.15, 0.2) is 194 Å². The summed E-state index contributed by atoms with van der Waals surface area (Å²) in [5.74, 6) is 0. The first-order valence-electron chi connectivity index (χ1n) is 18.8. The Bertz CT molecular complexity index is 3470. The first-order chi connectivity index (χ1) is 27.3. The lowest BCUT2D eigenvalue weighted by Gasteiger charge is -2.12. The van der Waals surface area contributed by atoms with E-state index >= 15 is 0 Å². The Morgan fingerprint density at radius 1 is 0.327 bits per heavy atom. The van der Waals surface area contributed by atoms with Crippen LogP contribution in [0.4, 0.5) is 0 Å². The van der Waals surface area contributed by atoms with E-state index in [1.165, 1.54) is 102 Å². The zero-order valence-corrected chi connectivity index (χ0v) is 30.6. The minimum atomic E-state index is 1.16. The molecule has 12 rings (SSSR count). The lowest BCUT2D eigenvalue weighted by atomic mass is 10.0. The molecule has 0 saturated carbocycles. The first kappa shape index (κ1) is 30.5. The molecule has 3 heterocycles. The van der Waals surface area contributed by atoms with Crippen molar-refractivity contribution in [3.63, 3.8) is 0 Å². The molecule has 0 amide bonds. The van der Waals surface area contributed by atoms with Crippen LogP contribution in [0.2, 0.25) is 0 Å². The fraction of sp³-hybridized carbons (Fsp3) is 0. The molecule has 9 aromatic carbocycles. The highest BCUT2D eigenvalue weighted by molar-refractivity contribution is 7.26. The van der Waals surface area contributed by atoms with E-state index in [0.29, 0.717) is 0 Å². The van der Waals surface area contributed by atoms with E-state index in [0.717, 1.165) is 5.69 Å². The van der Waals surface area contributed by atoms with Crippen LogP contribution >= 0.6 is 11.3 Å². The van der Waals surface area contributed by atoms with Crippen LogP contribution in [-0.2, 0) is 0 Å². The summed E-state index contributed by atoms with van der Waals surface area (Å²) in [7, 11) is 0. The van der Waals surface area contributed by atoms with Crippen LogP contribution < -0.4 is 0 Å². The van der Waals surface area contributed by atoms with Gasteiger partial charge in [0.1, 0.15) is 0 Å². The summed E-state index contributed by atoms with van der Waals surface area (Å²) in [6.45, 7) is 0. The molecule has 0 unspecified atom stereocenters. The SMILES string of the molecule is c1ccc(-c2ccc(-n3c4ccccc4c4cc(-c5ccc6c(c5)c5ccc7c8ccccc8sc7c5n6-c5cccc6ccccc56)ccc43)cc2)cc1. The number of hydrogen-bond acceptors (Lipinski definition) is 1. The summed E-state index contributed by atoms with van der Waals surface area (Å²) in [5, 5.41) is 10.2. The normalized spacial score (nSPS) is 12.0. The predicted molar refractivity (Wildman–Crippen MR) is 236 cm³/mol. The maximum absolute atomic E-state index is 2.52. The zero-order chi connectivity index (χ0) is 36.0. The van der Waals surface area contributed by atoms with Gasteiger partial charge in [0.25, 0.3) is 0 Å². The lowest BCUT2D eigenvalue weighted by molar-refractivity contribution is 1.18. The quantitative estimate of drug-likeness (QED) is 0.172. The molecule has 0 aliphatic heterocycles. The molecule has 2 nitrogen and oxygen atoms in total. The summed E-state index contributed by atoms with van der Waals surface area (Å²) in [4.78, 5) is 0. The number of fused-ring (bicyclic) bond motifs is 11. The Morgan fingerprint density at radius 2 is 0.909 bits per heavy atom. The summed E-state index contributed by atoms with van der Waals surface area (Å²) < 4.78 is 7.57. The molecule has 256 valence electrons. The fourth-order valence-electron chi connectivity index (χ4n) is 8.98. The number of nitrogens with zero attached hydrogens (tertiary/aromatic N) is 2. The van der Waals surface area contributed by atoms with Gasteiger partial charge in [-0.1, -0.05) is 140 Å². The first-order valence-corrected chi connectivity index (χ1v) is 19.7. The number of para-hydroxylation sites is 1. The van der Waals surface area contributed by atoms with Crippen LogP contribution in [0.5, 0.6) is 0 Å². The van der Waals surface area contributed by atoms with Crippen molar-refractivity contribution in [2.75, 3.05) is 0 Å². The molecule has 0 aliphatic carbocycles. The Balaban J connectivity index is 1.07. The second-order valence-corrected chi connectivity index (χ2v) is 15.6. The van der Waals surface area contributed by atoms with Crippen LogP contribution in [0, 0.1) is 0 Å². The molecule has 0 saturated heterocycles. The fourth-order valence-corrected chi connectivity index (χ4v) is 10.2. The lowest BCUT2D eigenvalue weighted by Crippen LogP contribution is -1.95. The van der Waals surface area contributed by atoms with Gasteiger partial charge in [-0.2, -0.15) is 0 Å². The maximum Gasteiger partial charge on any atom is 0.0720 e. The van der Waals surface area contributed by atoms with Crippen LogP contribution in [0.25, 0.3) is 108 Å². The number of benzene rings is 9. The summed E-state index contributed by atoms with van der Waals surface area (Å²) in [6.07, 6.45) is 0. The second-order valence-electron chi connectivity index (χ2n) is 14.5. The van der Waals surface area contributed by atoms with E-state index in [4.69, 9.17) is 0 Å². The van der Waals surface area contributed by atoms with E-state index in [9.17, 15) is 0 Å². The Morgan fingerprint density at radius 3 is 1.73 bits per heavy atom. The number of thiophene rings is 1. The highest BCUT2D eigenvalue weighted by Gasteiger charge is 2.20. The average Bonchev–Trinajstić information content (AvgIpc) is 3.91. The number of hydrogen-bond donors (Lipinski definition) is 0. The number of aromatic nitrogens is 2. The smallest absolute Gasteiger partial charge is 0.0720 e. The monoisotopic (exact) mass is 716 g/mol. The van der Waals surface area contributed by atoms with E-state index in [1.54, 1.807) is 0 Å². The molecule has 3 heteroatoms. The van der Waals surface area contributed by atoms with Crippen LogP contribution in [0.1, 0.15) is 0 Å². The molecule has 0 aliphatic rings. The molecule has 0 fully saturated rings. The van der Waals surface area contributed by atoms with Gasteiger partial charge in [0.05, 0.1) is 32.5 Å². The molecular weight excluding hydrogens is 685 g/mol. The third-order valence-corrected chi connectivity index (χ3v) is 12.7. The van der Waals surface area contributed by atoms with Gasteiger partial charge in [-0.3, -0.25) is 0 Å². The summed E-state index contributed by atoms with van der Waals surface area (Å²) in [5.41, 5.74) is 12.2. The van der Waals surface area contributed by atoms with Crippen LogP contribution in [-0.4, -0.2) is 9.13 Å². The van der Waals surface area contributed by atoms with Crippen molar-refractivity contribution in [1.82, 2.24) is 9.13 Å². The molecular formula is C52H32N2S. The van der Waals surface area contributed by atoms with Gasteiger partial charge in [0.2, 0.25) is 0 Å². The third-order valence-electron chi connectivity index (χ3n) is 11.5. The summed E-state index contributed by atoms with van der Waals surface area (Å²) in [6, 6.07) is 71.3. The minimum absolute atomic E-state index is 1.16. The maximum atomic E-state index is 2.52. The van der Waals surface area contributed by atoms with Crippen molar-refractivity contribution >= 4 is 85.9 Å². The highest BCUT2D eigenvalue weighted by atomic mass is 32.1. The van der Waals surface area contributed by atoms with Crippen molar-refractivity contribution in [2.45, 2.75) is 0 Å². The van der Waals surface area contributed by atoms with Crippen molar-refractivity contribution in [3.8, 4) is 33.6 Å². The second kappa shape index (κ2) is 11.8. The standard InChI is InChI=1S/C52H32N2S/c1-2-11-33(12-3-1)34-21-25-38(26-22-34)53-47-18-8-6-16-40(47)44-31-36(23-29-48(44)53)37-24-30-49-45(32-37)42-27-28-43-41-17-7-9-20-50(41)55-52(43)51(42)54(49)46-19-10-14-35-13-4-5-15-39(35)46/h1-32H. The minimum Gasteiger partial charge on any atom is -0.309 e. The van der Waals surface area contributed by atoms with Gasteiger partial charge in [0.15, 0.2) is 0 Å². The highest BCUT2D eigenvalue weighted by Crippen LogP contribution is 2.45. The topological polar surface area (TPSA) is 9.86 Å². The van der Waals surface area contributed by atoms with E-state index in [2.05, 4.69) is 203 Å². The molecule has 0 N–H and O–H groups in total. The van der Waals surface area contributed by atoms with Crippen molar-refractivity contribution in [1.29, 1.82) is 0 Å². The van der Waals surface area contributed by atoms with Crippen molar-refractivity contribution in [2.24, 2.45) is 0 Å². The zero-order valence-electron chi connectivity index (χ0n) is 29.8. The van der Waals surface area contributed by atoms with Crippen LogP contribution in [0.3, 0.4) is 0 Å². The van der Waals surface area contributed by atoms with Gasteiger partial charge < -0.3 is 9.13 Å². The molecule has 12 aromatic rings. The Hall–Kier alpha value is -6.94. The predicted octanol–water partition coefficient (Wildman–Crippen LogP) is 14.7. The Labute approximate surface area is 321 Å². The van der Waals surface area contributed by atoms with Gasteiger partial charge in [-0.15, -0.1) is 11.3 Å². The van der Waals surface area contributed by atoms with Gasteiger partial charge in [-0.05, 0) is 82.2 Å². The van der Waals surface area contributed by atoms with E-state index in [1.807, 2.05) is 11.3 Å². The molecule has 0 spiro atoms. The molecule has 3 aromatic heterocycles.